The number of rotatable bonds is 6. The lowest BCUT2D eigenvalue weighted by Crippen LogP contribution is -2.38. The number of piperidine rings is 1. The Hall–Kier alpha value is -1.75. The number of likely N-dealkylation sites (tertiary alicyclic amines) is 1. The van der Waals surface area contributed by atoms with Crippen molar-refractivity contribution in [3.63, 3.8) is 0 Å². The van der Waals surface area contributed by atoms with Crippen LogP contribution in [0.5, 0.6) is 0 Å². The molecule has 1 aliphatic heterocycles. The van der Waals surface area contributed by atoms with Crippen LogP contribution in [0.4, 0.5) is 4.39 Å². The zero-order valence-electron chi connectivity index (χ0n) is 12.9. The maximum absolute atomic E-state index is 12.8. The average Bonchev–Trinajstić information content (AvgIpc) is 2.54. The van der Waals surface area contributed by atoms with Gasteiger partial charge in [0, 0.05) is 12.0 Å². The summed E-state index contributed by atoms with van der Waals surface area (Å²) in [5, 5.41) is 0. The van der Waals surface area contributed by atoms with Crippen molar-refractivity contribution in [3.05, 3.63) is 35.6 Å². The Morgan fingerprint density at radius 2 is 1.86 bits per heavy atom. The Kier molecular flexibility index (Phi) is 6.07. The van der Waals surface area contributed by atoms with Crippen LogP contribution in [-0.4, -0.2) is 42.9 Å². The highest BCUT2D eigenvalue weighted by Gasteiger charge is 2.22. The molecule has 1 aromatic carbocycles. The third kappa shape index (κ3) is 4.91. The van der Waals surface area contributed by atoms with E-state index in [0.717, 1.165) is 25.9 Å². The molecule has 0 amide bonds. The fraction of sp³-hybridized carbons (Fsp3) is 0.529. The zero-order valence-corrected chi connectivity index (χ0v) is 12.9. The van der Waals surface area contributed by atoms with E-state index in [-0.39, 0.29) is 17.6 Å². The van der Waals surface area contributed by atoms with Crippen molar-refractivity contribution >= 4 is 11.8 Å². The standard InChI is InChI=1S/C17H22FNO3/c1-2-17(21)22-12-13-7-9-19(10-8-13)11-16(20)14-3-5-15(18)6-4-14/h3-6,13H,2,7-12H2,1H3. The molecule has 2 rings (SSSR count). The van der Waals surface area contributed by atoms with Crippen LogP contribution in [0.15, 0.2) is 24.3 Å². The van der Waals surface area contributed by atoms with Gasteiger partial charge in [0.25, 0.3) is 0 Å². The average molecular weight is 307 g/mol. The second-order valence-corrected chi connectivity index (χ2v) is 5.69. The van der Waals surface area contributed by atoms with E-state index in [0.29, 0.717) is 31.1 Å². The van der Waals surface area contributed by atoms with E-state index in [9.17, 15) is 14.0 Å². The monoisotopic (exact) mass is 307 g/mol. The molecule has 1 fully saturated rings. The number of hydrogen-bond donors (Lipinski definition) is 0. The molecule has 1 saturated heterocycles. The lowest BCUT2D eigenvalue weighted by atomic mass is 9.97. The second kappa shape index (κ2) is 8.03. The van der Waals surface area contributed by atoms with Gasteiger partial charge in [-0.2, -0.15) is 0 Å². The van der Waals surface area contributed by atoms with Gasteiger partial charge in [0.1, 0.15) is 5.82 Å². The van der Waals surface area contributed by atoms with E-state index < -0.39 is 0 Å². The summed E-state index contributed by atoms with van der Waals surface area (Å²) in [6, 6.07) is 5.66. The number of carbonyl (C=O) groups is 2. The molecule has 22 heavy (non-hydrogen) atoms. The molecule has 1 aliphatic rings. The van der Waals surface area contributed by atoms with Crippen LogP contribution < -0.4 is 0 Å². The number of esters is 1. The summed E-state index contributed by atoms with van der Waals surface area (Å²) in [6.07, 6.45) is 2.26. The van der Waals surface area contributed by atoms with Gasteiger partial charge in [0.2, 0.25) is 0 Å². The van der Waals surface area contributed by atoms with Crippen LogP contribution >= 0.6 is 0 Å². The third-order valence-corrected chi connectivity index (χ3v) is 4.01. The first-order chi connectivity index (χ1) is 10.6. The summed E-state index contributed by atoms with van der Waals surface area (Å²) >= 11 is 0. The van der Waals surface area contributed by atoms with Crippen molar-refractivity contribution in [1.82, 2.24) is 4.90 Å². The normalized spacial score (nSPS) is 16.5. The van der Waals surface area contributed by atoms with Gasteiger partial charge in [0.05, 0.1) is 13.2 Å². The van der Waals surface area contributed by atoms with Crippen molar-refractivity contribution in [1.29, 1.82) is 0 Å². The molecule has 1 heterocycles. The summed E-state index contributed by atoms with van der Waals surface area (Å²) in [5.41, 5.74) is 0.542. The third-order valence-electron chi connectivity index (χ3n) is 4.01. The number of ketones is 1. The van der Waals surface area contributed by atoms with E-state index in [4.69, 9.17) is 4.74 Å². The molecule has 0 unspecified atom stereocenters. The molecular weight excluding hydrogens is 285 g/mol. The summed E-state index contributed by atoms with van der Waals surface area (Å²) in [4.78, 5) is 25.4. The topological polar surface area (TPSA) is 46.6 Å². The van der Waals surface area contributed by atoms with E-state index in [1.54, 1.807) is 6.92 Å². The maximum atomic E-state index is 12.8. The summed E-state index contributed by atoms with van der Waals surface area (Å²) in [5.74, 6) is -0.101. The molecule has 4 nitrogen and oxygen atoms in total. The van der Waals surface area contributed by atoms with Crippen molar-refractivity contribution < 1.29 is 18.7 Å². The minimum atomic E-state index is -0.334. The Labute approximate surface area is 130 Å². The van der Waals surface area contributed by atoms with Gasteiger partial charge in [0.15, 0.2) is 5.78 Å². The molecule has 0 bridgehead atoms. The van der Waals surface area contributed by atoms with E-state index in [1.807, 2.05) is 0 Å². The van der Waals surface area contributed by atoms with Gasteiger partial charge in [-0.3, -0.25) is 14.5 Å². The van der Waals surface area contributed by atoms with Crippen LogP contribution in [0.2, 0.25) is 0 Å². The van der Waals surface area contributed by atoms with Gasteiger partial charge >= 0.3 is 5.97 Å². The van der Waals surface area contributed by atoms with Crippen LogP contribution in [-0.2, 0) is 9.53 Å². The lowest BCUT2D eigenvalue weighted by molar-refractivity contribution is -0.145. The molecular formula is C17H22FNO3. The van der Waals surface area contributed by atoms with Crippen molar-refractivity contribution in [2.45, 2.75) is 26.2 Å². The number of nitrogens with zero attached hydrogens (tertiary/aromatic N) is 1. The van der Waals surface area contributed by atoms with E-state index in [1.165, 1.54) is 24.3 Å². The molecule has 0 aliphatic carbocycles. The highest BCUT2D eigenvalue weighted by molar-refractivity contribution is 5.97. The van der Waals surface area contributed by atoms with Crippen molar-refractivity contribution in [2.75, 3.05) is 26.2 Å². The quantitative estimate of drug-likeness (QED) is 0.599. The number of ether oxygens (including phenoxy) is 1. The fourth-order valence-electron chi connectivity index (χ4n) is 2.55. The van der Waals surface area contributed by atoms with Gasteiger partial charge in [-0.15, -0.1) is 0 Å². The number of Topliss-reactive ketones (excluding diaryl/α,β-unsaturated/α-hetero) is 1. The molecule has 1 aromatic rings. The molecule has 0 saturated carbocycles. The lowest BCUT2D eigenvalue weighted by Gasteiger charge is -2.31. The van der Waals surface area contributed by atoms with Gasteiger partial charge < -0.3 is 4.74 Å². The first-order valence-corrected chi connectivity index (χ1v) is 7.75. The highest BCUT2D eigenvalue weighted by atomic mass is 19.1. The van der Waals surface area contributed by atoms with E-state index >= 15 is 0 Å². The zero-order chi connectivity index (χ0) is 15.9. The molecule has 0 atom stereocenters. The van der Waals surface area contributed by atoms with Crippen molar-refractivity contribution in [2.24, 2.45) is 5.92 Å². The summed E-state index contributed by atoms with van der Waals surface area (Å²) < 4.78 is 18.0. The minimum absolute atomic E-state index is 0.0101. The van der Waals surface area contributed by atoms with Gasteiger partial charge in [-0.1, -0.05) is 6.92 Å². The van der Waals surface area contributed by atoms with Crippen LogP contribution in [0.3, 0.4) is 0 Å². The van der Waals surface area contributed by atoms with Crippen LogP contribution in [0, 0.1) is 11.7 Å². The fourth-order valence-corrected chi connectivity index (χ4v) is 2.55. The smallest absolute Gasteiger partial charge is 0.305 e. The number of carbonyl (C=O) groups excluding carboxylic acids is 2. The largest absolute Gasteiger partial charge is 0.465 e. The second-order valence-electron chi connectivity index (χ2n) is 5.69. The Morgan fingerprint density at radius 1 is 1.23 bits per heavy atom. The maximum Gasteiger partial charge on any atom is 0.305 e. The van der Waals surface area contributed by atoms with Gasteiger partial charge in [-0.25, -0.2) is 4.39 Å². The molecule has 5 heteroatoms. The summed E-state index contributed by atoms with van der Waals surface area (Å²) in [6.45, 7) is 4.26. The van der Waals surface area contributed by atoms with Crippen LogP contribution in [0.25, 0.3) is 0 Å². The molecule has 0 spiro atoms. The predicted molar refractivity (Wildman–Crippen MR) is 81.1 cm³/mol. The van der Waals surface area contributed by atoms with Crippen LogP contribution in [0.1, 0.15) is 36.5 Å². The SMILES string of the molecule is CCC(=O)OCC1CCN(CC(=O)c2ccc(F)cc2)CC1. The predicted octanol–water partition coefficient (Wildman–Crippen LogP) is 2.67. The van der Waals surface area contributed by atoms with Crippen molar-refractivity contribution in [3.8, 4) is 0 Å². The summed E-state index contributed by atoms with van der Waals surface area (Å²) in [7, 11) is 0. The van der Waals surface area contributed by atoms with Gasteiger partial charge in [-0.05, 0) is 56.1 Å². The molecule has 0 aromatic heterocycles. The number of benzene rings is 1. The molecule has 0 radical (unpaired) electrons. The highest BCUT2D eigenvalue weighted by Crippen LogP contribution is 2.18. The Morgan fingerprint density at radius 3 is 2.45 bits per heavy atom. The Bertz CT molecular complexity index is 507. The Balaban J connectivity index is 1.74. The molecule has 120 valence electrons. The first-order valence-electron chi connectivity index (χ1n) is 7.75. The number of halogens is 1. The van der Waals surface area contributed by atoms with E-state index in [2.05, 4.69) is 4.90 Å². The first kappa shape index (κ1) is 16.6. The minimum Gasteiger partial charge on any atom is -0.465 e. The number of hydrogen-bond acceptors (Lipinski definition) is 4. The molecule has 0 N–H and O–H groups in total.